The molecule has 1 saturated heterocycles. The third-order valence-electron chi connectivity index (χ3n) is 5.10. The van der Waals surface area contributed by atoms with E-state index in [1.165, 1.54) is 0 Å². The van der Waals surface area contributed by atoms with E-state index in [0.717, 1.165) is 48.5 Å². The van der Waals surface area contributed by atoms with Crippen LogP contribution < -0.4 is 0 Å². The summed E-state index contributed by atoms with van der Waals surface area (Å²) in [6.45, 7) is 3.96. The van der Waals surface area contributed by atoms with E-state index in [2.05, 4.69) is 4.90 Å². The van der Waals surface area contributed by atoms with Crippen molar-refractivity contribution >= 4 is 11.8 Å². The Morgan fingerprint density at radius 3 is 2.26 bits per heavy atom. The Hall–Kier alpha value is -3.01. The van der Waals surface area contributed by atoms with Crippen LogP contribution in [-0.2, 0) is 11.4 Å². The van der Waals surface area contributed by atoms with Crippen molar-refractivity contribution < 1.29 is 4.74 Å². The SMILES string of the molecule is CSc1nc(-c2nc(-c3ccccc3)n(-c3ccccc3)n2)nn1CN1CCOCC1. The summed E-state index contributed by atoms with van der Waals surface area (Å²) in [4.78, 5) is 11.9. The Morgan fingerprint density at radius 2 is 1.55 bits per heavy atom. The molecule has 0 bridgehead atoms. The van der Waals surface area contributed by atoms with Gasteiger partial charge in [0.25, 0.3) is 0 Å². The largest absolute Gasteiger partial charge is 0.379 e. The zero-order valence-corrected chi connectivity index (χ0v) is 18.1. The number of thioether (sulfide) groups is 1. The summed E-state index contributed by atoms with van der Waals surface area (Å²) in [6, 6.07) is 20.1. The van der Waals surface area contributed by atoms with Crippen molar-refractivity contribution in [1.29, 1.82) is 0 Å². The molecule has 0 spiro atoms. The van der Waals surface area contributed by atoms with Crippen molar-refractivity contribution in [2.75, 3.05) is 32.6 Å². The molecule has 1 fully saturated rings. The van der Waals surface area contributed by atoms with Crippen LogP contribution in [0.5, 0.6) is 0 Å². The minimum atomic E-state index is 0.513. The first kappa shape index (κ1) is 19.9. The fourth-order valence-corrected chi connectivity index (χ4v) is 4.01. The molecule has 0 radical (unpaired) electrons. The fourth-order valence-electron chi connectivity index (χ4n) is 3.53. The molecule has 8 nitrogen and oxygen atoms in total. The van der Waals surface area contributed by atoms with E-state index in [1.54, 1.807) is 11.8 Å². The smallest absolute Gasteiger partial charge is 0.221 e. The Kier molecular flexibility index (Phi) is 5.79. The van der Waals surface area contributed by atoms with Gasteiger partial charge in [0.05, 0.1) is 25.6 Å². The van der Waals surface area contributed by atoms with Gasteiger partial charge < -0.3 is 4.74 Å². The van der Waals surface area contributed by atoms with Gasteiger partial charge in [-0.15, -0.1) is 10.2 Å². The van der Waals surface area contributed by atoms with Crippen molar-refractivity contribution in [1.82, 2.24) is 34.4 Å². The van der Waals surface area contributed by atoms with E-state index in [9.17, 15) is 0 Å². The van der Waals surface area contributed by atoms with Gasteiger partial charge in [-0.2, -0.15) is 4.98 Å². The number of ether oxygens (including phenoxy) is 1. The van der Waals surface area contributed by atoms with E-state index in [-0.39, 0.29) is 0 Å². The number of rotatable bonds is 6. The van der Waals surface area contributed by atoms with Crippen molar-refractivity contribution in [2.24, 2.45) is 0 Å². The summed E-state index contributed by atoms with van der Waals surface area (Å²) < 4.78 is 9.23. The van der Waals surface area contributed by atoms with Gasteiger partial charge in [-0.3, -0.25) is 4.90 Å². The fraction of sp³-hybridized carbons (Fsp3) is 0.273. The molecule has 1 aliphatic rings. The molecular formula is C22H23N7OS. The Bertz CT molecular complexity index is 1080. The molecule has 1 aliphatic heterocycles. The van der Waals surface area contributed by atoms with Crippen molar-refractivity contribution in [3.05, 3.63) is 60.7 Å². The van der Waals surface area contributed by atoms with E-state index in [0.29, 0.717) is 18.3 Å². The van der Waals surface area contributed by atoms with E-state index >= 15 is 0 Å². The molecule has 2 aromatic carbocycles. The molecular weight excluding hydrogens is 410 g/mol. The second kappa shape index (κ2) is 9.01. The van der Waals surface area contributed by atoms with Crippen LogP contribution in [0.3, 0.4) is 0 Å². The number of para-hydroxylation sites is 1. The number of aromatic nitrogens is 6. The zero-order chi connectivity index (χ0) is 21.0. The second-order valence-electron chi connectivity index (χ2n) is 7.17. The summed E-state index contributed by atoms with van der Waals surface area (Å²) in [6.07, 6.45) is 2.01. The van der Waals surface area contributed by atoms with Crippen LogP contribution in [0, 0.1) is 0 Å². The van der Waals surface area contributed by atoms with Crippen LogP contribution in [0.1, 0.15) is 0 Å². The monoisotopic (exact) mass is 433 g/mol. The Labute approximate surface area is 184 Å². The lowest BCUT2D eigenvalue weighted by molar-refractivity contribution is 0.0196. The van der Waals surface area contributed by atoms with Gasteiger partial charge in [0.15, 0.2) is 11.0 Å². The third-order valence-corrected chi connectivity index (χ3v) is 5.77. The lowest BCUT2D eigenvalue weighted by Gasteiger charge is -2.26. The molecule has 31 heavy (non-hydrogen) atoms. The molecule has 0 N–H and O–H groups in total. The van der Waals surface area contributed by atoms with E-state index in [4.69, 9.17) is 24.9 Å². The van der Waals surface area contributed by atoms with E-state index in [1.807, 2.05) is 76.3 Å². The highest BCUT2D eigenvalue weighted by molar-refractivity contribution is 7.98. The van der Waals surface area contributed by atoms with Gasteiger partial charge >= 0.3 is 0 Å². The van der Waals surface area contributed by atoms with Gasteiger partial charge in [-0.05, 0) is 18.4 Å². The first-order chi connectivity index (χ1) is 15.3. The van der Waals surface area contributed by atoms with Crippen LogP contribution >= 0.6 is 11.8 Å². The Morgan fingerprint density at radius 1 is 0.871 bits per heavy atom. The summed E-state index contributed by atoms with van der Waals surface area (Å²) in [5.74, 6) is 1.81. The van der Waals surface area contributed by atoms with Gasteiger partial charge in [-0.1, -0.05) is 60.3 Å². The predicted octanol–water partition coefficient (Wildman–Crippen LogP) is 3.20. The van der Waals surface area contributed by atoms with Gasteiger partial charge in [0.2, 0.25) is 11.6 Å². The molecule has 0 saturated carbocycles. The molecule has 4 aromatic rings. The normalized spacial score (nSPS) is 14.7. The molecule has 0 atom stereocenters. The molecule has 158 valence electrons. The van der Waals surface area contributed by atoms with Crippen LogP contribution in [0.4, 0.5) is 0 Å². The van der Waals surface area contributed by atoms with Crippen molar-refractivity contribution in [3.8, 4) is 28.7 Å². The maximum absolute atomic E-state index is 5.45. The average molecular weight is 434 g/mol. The lowest BCUT2D eigenvalue weighted by atomic mass is 10.2. The van der Waals surface area contributed by atoms with Crippen molar-refractivity contribution in [3.63, 3.8) is 0 Å². The molecule has 9 heteroatoms. The standard InChI is InChI=1S/C22H23N7OS/c1-31-22-24-20(25-28(22)16-27-12-14-30-15-13-27)19-23-21(17-8-4-2-5-9-17)29(26-19)18-10-6-3-7-11-18/h2-11H,12-16H2,1H3. The average Bonchev–Trinajstić information content (AvgIpc) is 3.45. The number of nitrogens with zero attached hydrogens (tertiary/aromatic N) is 7. The lowest BCUT2D eigenvalue weighted by Crippen LogP contribution is -2.37. The Balaban J connectivity index is 1.54. The zero-order valence-electron chi connectivity index (χ0n) is 17.3. The maximum atomic E-state index is 5.45. The topological polar surface area (TPSA) is 73.9 Å². The number of morpholine rings is 1. The molecule has 0 amide bonds. The summed E-state index contributed by atoms with van der Waals surface area (Å²) in [7, 11) is 0. The van der Waals surface area contributed by atoms with Gasteiger partial charge in [-0.25, -0.2) is 14.3 Å². The summed E-state index contributed by atoms with van der Waals surface area (Å²) in [5, 5.41) is 10.4. The first-order valence-corrected chi connectivity index (χ1v) is 11.4. The molecule has 3 heterocycles. The second-order valence-corrected chi connectivity index (χ2v) is 7.94. The van der Waals surface area contributed by atoms with Crippen LogP contribution in [0.15, 0.2) is 65.8 Å². The van der Waals surface area contributed by atoms with Crippen LogP contribution in [0.2, 0.25) is 0 Å². The highest BCUT2D eigenvalue weighted by Gasteiger charge is 2.21. The number of hydrogen-bond acceptors (Lipinski definition) is 7. The quantitative estimate of drug-likeness (QED) is 0.432. The molecule has 0 aliphatic carbocycles. The molecule has 5 rings (SSSR count). The predicted molar refractivity (Wildman–Crippen MR) is 120 cm³/mol. The maximum Gasteiger partial charge on any atom is 0.221 e. The van der Waals surface area contributed by atoms with Crippen LogP contribution in [0.25, 0.3) is 28.7 Å². The number of benzene rings is 2. The minimum absolute atomic E-state index is 0.513. The van der Waals surface area contributed by atoms with E-state index < -0.39 is 0 Å². The third kappa shape index (κ3) is 4.25. The summed E-state index contributed by atoms with van der Waals surface area (Å²) >= 11 is 1.57. The van der Waals surface area contributed by atoms with Crippen molar-refractivity contribution in [2.45, 2.75) is 11.8 Å². The van der Waals surface area contributed by atoms with Gasteiger partial charge in [0, 0.05) is 18.7 Å². The molecule has 2 aromatic heterocycles. The summed E-state index contributed by atoms with van der Waals surface area (Å²) in [5.41, 5.74) is 1.93. The molecule has 0 unspecified atom stereocenters. The first-order valence-electron chi connectivity index (χ1n) is 10.2. The highest BCUT2D eigenvalue weighted by Crippen LogP contribution is 2.25. The van der Waals surface area contributed by atoms with Crippen LogP contribution in [-0.4, -0.2) is 67.0 Å². The number of hydrogen-bond donors (Lipinski definition) is 0. The van der Waals surface area contributed by atoms with Gasteiger partial charge in [0.1, 0.15) is 0 Å². The highest BCUT2D eigenvalue weighted by atomic mass is 32.2. The minimum Gasteiger partial charge on any atom is -0.379 e.